The molecule has 1 atom stereocenters. The van der Waals surface area contributed by atoms with Crippen molar-refractivity contribution in [3.8, 4) is 5.75 Å². The van der Waals surface area contributed by atoms with E-state index in [1.54, 1.807) is 63.5 Å². The molecule has 2 amide bonds. The third-order valence-corrected chi connectivity index (χ3v) is 3.92. The van der Waals surface area contributed by atoms with Gasteiger partial charge in [0.2, 0.25) is 0 Å². The molecule has 0 aromatic heterocycles. The molecule has 0 radical (unpaired) electrons. The van der Waals surface area contributed by atoms with Crippen LogP contribution in [0.15, 0.2) is 48.5 Å². The van der Waals surface area contributed by atoms with Crippen LogP contribution in [0.2, 0.25) is 0 Å². The average molecular weight is 346 g/mol. The highest BCUT2D eigenvalue weighted by Crippen LogP contribution is 2.23. The molecule has 134 valence electrons. The minimum Gasteiger partial charge on any atom is -0.491 e. The summed E-state index contributed by atoms with van der Waals surface area (Å²) in [5, 5.41) is 2.79. The van der Waals surface area contributed by atoms with Gasteiger partial charge in [0.15, 0.2) is 0 Å². The summed E-state index contributed by atoms with van der Waals surface area (Å²) in [5.74, 6) is 0.371. The molecule has 0 aliphatic heterocycles. The second-order valence-corrected chi connectivity index (χ2v) is 5.60. The molecular formula is C19H23FN2O3. The molecule has 2 aromatic rings. The smallest absolute Gasteiger partial charge is 0.322 e. The van der Waals surface area contributed by atoms with E-state index in [2.05, 4.69) is 5.32 Å². The molecule has 1 N–H and O–H groups in total. The molecule has 6 heteroatoms. The van der Waals surface area contributed by atoms with E-state index in [4.69, 9.17) is 9.47 Å². The third-order valence-electron chi connectivity index (χ3n) is 3.92. The average Bonchev–Trinajstić information content (AvgIpc) is 2.62. The highest BCUT2D eigenvalue weighted by molar-refractivity contribution is 5.89. The zero-order valence-electron chi connectivity index (χ0n) is 14.7. The SMILES string of the molecule is COCCOc1ccc(NC(=O)N(C)C(C)c2ccccc2F)cc1. The van der Waals surface area contributed by atoms with Crippen molar-refractivity contribution in [2.45, 2.75) is 13.0 Å². The number of ether oxygens (including phenoxy) is 2. The van der Waals surface area contributed by atoms with Crippen LogP contribution in [0.4, 0.5) is 14.9 Å². The van der Waals surface area contributed by atoms with Gasteiger partial charge in [0.25, 0.3) is 0 Å². The van der Waals surface area contributed by atoms with Crippen LogP contribution in [-0.2, 0) is 4.74 Å². The maximum Gasteiger partial charge on any atom is 0.322 e. The Hall–Kier alpha value is -2.60. The second kappa shape index (κ2) is 9.03. The summed E-state index contributed by atoms with van der Waals surface area (Å²) in [7, 11) is 3.25. The second-order valence-electron chi connectivity index (χ2n) is 5.60. The molecule has 0 saturated carbocycles. The van der Waals surface area contributed by atoms with Gasteiger partial charge >= 0.3 is 6.03 Å². The lowest BCUT2D eigenvalue weighted by molar-refractivity contribution is 0.146. The van der Waals surface area contributed by atoms with Crippen LogP contribution in [0, 0.1) is 5.82 Å². The van der Waals surface area contributed by atoms with Crippen molar-refractivity contribution in [3.63, 3.8) is 0 Å². The van der Waals surface area contributed by atoms with Crippen molar-refractivity contribution in [1.29, 1.82) is 0 Å². The van der Waals surface area contributed by atoms with Gasteiger partial charge < -0.3 is 19.7 Å². The summed E-state index contributed by atoms with van der Waals surface area (Å²) in [6, 6.07) is 12.8. The number of hydrogen-bond acceptors (Lipinski definition) is 3. The molecule has 0 aliphatic rings. The Kier molecular flexibility index (Phi) is 6.77. The molecule has 0 fully saturated rings. The molecule has 0 heterocycles. The molecule has 0 aliphatic carbocycles. The summed E-state index contributed by atoms with van der Waals surface area (Å²) in [4.78, 5) is 13.8. The quantitative estimate of drug-likeness (QED) is 0.769. The topological polar surface area (TPSA) is 50.8 Å². The molecular weight excluding hydrogens is 323 g/mol. The Morgan fingerprint density at radius 2 is 1.84 bits per heavy atom. The van der Waals surface area contributed by atoms with Gasteiger partial charge in [-0.1, -0.05) is 18.2 Å². The number of amides is 2. The van der Waals surface area contributed by atoms with E-state index >= 15 is 0 Å². The number of methoxy groups -OCH3 is 1. The van der Waals surface area contributed by atoms with Crippen molar-refractivity contribution < 1.29 is 18.7 Å². The first-order chi connectivity index (χ1) is 12.0. The zero-order valence-corrected chi connectivity index (χ0v) is 14.7. The van der Waals surface area contributed by atoms with Crippen molar-refractivity contribution in [2.75, 3.05) is 32.7 Å². The van der Waals surface area contributed by atoms with E-state index < -0.39 is 6.04 Å². The lowest BCUT2D eigenvalue weighted by Crippen LogP contribution is -2.34. The molecule has 5 nitrogen and oxygen atoms in total. The standard InChI is InChI=1S/C19H23FN2O3/c1-14(17-6-4-5-7-18(17)20)22(2)19(23)21-15-8-10-16(11-9-15)25-13-12-24-3/h4-11,14H,12-13H2,1-3H3,(H,21,23). The van der Waals surface area contributed by atoms with E-state index in [9.17, 15) is 9.18 Å². The number of carbonyl (C=O) groups is 1. The highest BCUT2D eigenvalue weighted by atomic mass is 19.1. The fourth-order valence-electron chi connectivity index (χ4n) is 2.29. The fraction of sp³-hybridized carbons (Fsp3) is 0.316. The Morgan fingerprint density at radius 1 is 1.16 bits per heavy atom. The van der Waals surface area contributed by atoms with Crippen LogP contribution in [-0.4, -0.2) is 38.3 Å². The maximum absolute atomic E-state index is 13.9. The van der Waals surface area contributed by atoms with Crippen molar-refractivity contribution >= 4 is 11.7 Å². The van der Waals surface area contributed by atoms with Crippen molar-refractivity contribution in [2.24, 2.45) is 0 Å². The number of urea groups is 1. The van der Waals surface area contributed by atoms with Crippen LogP contribution in [0.5, 0.6) is 5.75 Å². The van der Waals surface area contributed by atoms with Gasteiger partial charge in [-0.25, -0.2) is 9.18 Å². The monoisotopic (exact) mass is 346 g/mol. The molecule has 2 rings (SSSR count). The van der Waals surface area contributed by atoms with Gasteiger partial charge in [-0.3, -0.25) is 0 Å². The first-order valence-corrected chi connectivity index (χ1v) is 8.03. The van der Waals surface area contributed by atoms with E-state index in [0.717, 1.165) is 0 Å². The summed E-state index contributed by atoms with van der Waals surface area (Å²) in [6.07, 6.45) is 0. The molecule has 1 unspecified atom stereocenters. The van der Waals surface area contributed by atoms with Crippen LogP contribution < -0.4 is 10.1 Å². The minimum atomic E-state index is -0.391. The number of rotatable bonds is 7. The Bertz CT molecular complexity index is 691. The Balaban J connectivity index is 1.95. The third kappa shape index (κ3) is 5.19. The van der Waals surface area contributed by atoms with E-state index in [1.807, 2.05) is 0 Å². The van der Waals surface area contributed by atoms with Gasteiger partial charge in [-0.2, -0.15) is 0 Å². The summed E-state index contributed by atoms with van der Waals surface area (Å²) >= 11 is 0. The van der Waals surface area contributed by atoms with E-state index in [1.165, 1.54) is 11.0 Å². The maximum atomic E-state index is 13.9. The van der Waals surface area contributed by atoms with E-state index in [-0.39, 0.29) is 11.8 Å². The molecule has 0 bridgehead atoms. The Labute approximate surface area is 147 Å². The predicted molar refractivity (Wildman–Crippen MR) is 95.4 cm³/mol. The fourth-order valence-corrected chi connectivity index (χ4v) is 2.29. The van der Waals surface area contributed by atoms with Crippen LogP contribution >= 0.6 is 0 Å². The minimum absolute atomic E-state index is 0.316. The lowest BCUT2D eigenvalue weighted by atomic mass is 10.1. The first kappa shape index (κ1) is 18.7. The number of hydrogen-bond donors (Lipinski definition) is 1. The number of carbonyl (C=O) groups excluding carboxylic acids is 1. The van der Waals surface area contributed by atoms with Crippen molar-refractivity contribution in [3.05, 3.63) is 59.9 Å². The first-order valence-electron chi connectivity index (χ1n) is 8.03. The summed E-state index contributed by atoms with van der Waals surface area (Å²) in [6.45, 7) is 2.76. The Morgan fingerprint density at radius 3 is 2.48 bits per heavy atom. The number of benzene rings is 2. The molecule has 0 spiro atoms. The lowest BCUT2D eigenvalue weighted by Gasteiger charge is -2.26. The molecule has 2 aromatic carbocycles. The predicted octanol–water partition coefficient (Wildman–Crippen LogP) is 4.08. The zero-order chi connectivity index (χ0) is 18.2. The highest BCUT2D eigenvalue weighted by Gasteiger charge is 2.19. The number of nitrogens with zero attached hydrogens (tertiary/aromatic N) is 1. The number of nitrogens with one attached hydrogen (secondary N) is 1. The summed E-state index contributed by atoms with van der Waals surface area (Å²) in [5.41, 5.74) is 1.11. The van der Waals surface area contributed by atoms with Crippen LogP contribution in [0.25, 0.3) is 0 Å². The van der Waals surface area contributed by atoms with Gasteiger partial charge in [-0.05, 0) is 37.3 Å². The number of anilines is 1. The van der Waals surface area contributed by atoms with Gasteiger partial charge in [0, 0.05) is 25.4 Å². The normalized spacial score (nSPS) is 11.7. The molecule has 25 heavy (non-hydrogen) atoms. The molecule has 0 saturated heterocycles. The van der Waals surface area contributed by atoms with Crippen LogP contribution in [0.1, 0.15) is 18.5 Å². The van der Waals surface area contributed by atoms with Gasteiger partial charge in [0.05, 0.1) is 12.6 Å². The number of halogens is 1. The van der Waals surface area contributed by atoms with Crippen molar-refractivity contribution in [1.82, 2.24) is 4.90 Å². The van der Waals surface area contributed by atoms with Gasteiger partial charge in [-0.15, -0.1) is 0 Å². The summed E-state index contributed by atoms with van der Waals surface area (Å²) < 4.78 is 24.3. The van der Waals surface area contributed by atoms with Gasteiger partial charge in [0.1, 0.15) is 18.2 Å². The largest absolute Gasteiger partial charge is 0.491 e. The van der Waals surface area contributed by atoms with Crippen LogP contribution in [0.3, 0.4) is 0 Å². The van der Waals surface area contributed by atoms with E-state index in [0.29, 0.717) is 30.2 Å².